The van der Waals surface area contributed by atoms with Crippen LogP contribution in [0.15, 0.2) is 47.2 Å². The number of ether oxygens (including phenoxy) is 1. The molecule has 9 heteroatoms. The van der Waals surface area contributed by atoms with Crippen molar-refractivity contribution in [1.29, 1.82) is 0 Å². The van der Waals surface area contributed by atoms with Crippen molar-refractivity contribution in [3.63, 3.8) is 0 Å². The number of aromatic nitrogens is 3. The predicted octanol–water partition coefficient (Wildman–Crippen LogP) is 3.30. The van der Waals surface area contributed by atoms with E-state index in [2.05, 4.69) is 20.4 Å². The maximum absolute atomic E-state index is 11.5. The lowest BCUT2D eigenvalue weighted by atomic mass is 10.1. The summed E-state index contributed by atoms with van der Waals surface area (Å²) in [5.41, 5.74) is 1.57. The molecule has 0 amide bonds. The normalized spacial score (nSPS) is 16.4. The first-order chi connectivity index (χ1) is 13.2. The molecule has 1 fully saturated rings. The number of nitrogens with one attached hydrogen (secondary N) is 1. The summed E-state index contributed by atoms with van der Waals surface area (Å²) in [6.45, 7) is 1.27. The van der Waals surface area contributed by atoms with Crippen LogP contribution in [0.25, 0.3) is 22.8 Å². The quantitative estimate of drug-likeness (QED) is 0.521. The maximum Gasteiger partial charge on any atom is 0.293 e. The third kappa shape index (κ3) is 3.77. The standard InChI is InChI=1S/C18H17N5O4/c24-23(25)16-9-12(5-6-15(16)20-11-14-4-2-8-26-14)18-21-17(22-27-18)13-3-1-7-19-10-13/h1,3,5-7,9-10,14,20H,2,4,8,11H2. The lowest BCUT2D eigenvalue weighted by Crippen LogP contribution is -2.18. The minimum Gasteiger partial charge on any atom is -0.377 e. The van der Waals surface area contributed by atoms with E-state index in [9.17, 15) is 10.1 Å². The molecule has 0 spiro atoms. The number of hydrogen-bond acceptors (Lipinski definition) is 8. The lowest BCUT2D eigenvalue weighted by molar-refractivity contribution is -0.383. The van der Waals surface area contributed by atoms with E-state index in [-0.39, 0.29) is 17.7 Å². The molecule has 1 saturated heterocycles. The number of nitro groups is 1. The van der Waals surface area contributed by atoms with Crippen molar-refractivity contribution in [2.45, 2.75) is 18.9 Å². The molecule has 1 aliphatic rings. The average molecular weight is 367 g/mol. The summed E-state index contributed by atoms with van der Waals surface area (Å²) < 4.78 is 10.8. The minimum atomic E-state index is -0.431. The summed E-state index contributed by atoms with van der Waals surface area (Å²) in [5.74, 6) is 0.587. The van der Waals surface area contributed by atoms with Crippen LogP contribution in [0.2, 0.25) is 0 Å². The molecule has 1 aliphatic heterocycles. The molecule has 1 unspecified atom stereocenters. The van der Waals surface area contributed by atoms with Gasteiger partial charge in [0.1, 0.15) is 5.69 Å². The Labute approximate surface area is 154 Å². The highest BCUT2D eigenvalue weighted by Gasteiger charge is 2.21. The van der Waals surface area contributed by atoms with Gasteiger partial charge in [0.25, 0.3) is 11.6 Å². The van der Waals surface area contributed by atoms with Gasteiger partial charge in [-0.3, -0.25) is 15.1 Å². The molecule has 9 nitrogen and oxygen atoms in total. The fourth-order valence-electron chi connectivity index (χ4n) is 2.95. The van der Waals surface area contributed by atoms with Gasteiger partial charge < -0.3 is 14.6 Å². The molecular formula is C18H17N5O4. The second kappa shape index (κ2) is 7.50. The minimum absolute atomic E-state index is 0.0494. The molecule has 3 heterocycles. The Hall–Kier alpha value is -3.33. The molecule has 1 atom stereocenters. The van der Waals surface area contributed by atoms with E-state index in [1.165, 1.54) is 6.07 Å². The van der Waals surface area contributed by atoms with E-state index < -0.39 is 4.92 Å². The van der Waals surface area contributed by atoms with Gasteiger partial charge in [0.2, 0.25) is 5.82 Å². The second-order valence-corrected chi connectivity index (χ2v) is 6.17. The van der Waals surface area contributed by atoms with Gasteiger partial charge in [0.15, 0.2) is 0 Å². The summed E-state index contributed by atoms with van der Waals surface area (Å²) in [6.07, 6.45) is 5.33. The van der Waals surface area contributed by atoms with Gasteiger partial charge in [0, 0.05) is 42.7 Å². The van der Waals surface area contributed by atoms with Gasteiger partial charge in [-0.2, -0.15) is 4.98 Å². The predicted molar refractivity (Wildman–Crippen MR) is 97.1 cm³/mol. The molecule has 2 aromatic heterocycles. The van der Waals surface area contributed by atoms with E-state index in [4.69, 9.17) is 9.26 Å². The first-order valence-corrected chi connectivity index (χ1v) is 8.59. The van der Waals surface area contributed by atoms with Crippen molar-refractivity contribution in [3.8, 4) is 22.8 Å². The van der Waals surface area contributed by atoms with E-state index in [1.54, 1.807) is 30.6 Å². The van der Waals surface area contributed by atoms with Gasteiger partial charge >= 0.3 is 0 Å². The van der Waals surface area contributed by atoms with Crippen LogP contribution < -0.4 is 5.32 Å². The highest BCUT2D eigenvalue weighted by molar-refractivity contribution is 5.70. The highest BCUT2D eigenvalue weighted by atomic mass is 16.6. The molecule has 4 rings (SSSR count). The number of hydrogen-bond donors (Lipinski definition) is 1. The van der Waals surface area contributed by atoms with Gasteiger partial charge in [-0.1, -0.05) is 5.16 Å². The first kappa shape index (κ1) is 17.1. The van der Waals surface area contributed by atoms with Crippen molar-refractivity contribution in [3.05, 3.63) is 52.8 Å². The zero-order valence-corrected chi connectivity index (χ0v) is 14.4. The smallest absolute Gasteiger partial charge is 0.293 e. The van der Waals surface area contributed by atoms with Crippen LogP contribution in [0.4, 0.5) is 11.4 Å². The van der Waals surface area contributed by atoms with Crippen LogP contribution in [-0.4, -0.2) is 39.3 Å². The monoisotopic (exact) mass is 367 g/mol. The Kier molecular flexibility index (Phi) is 4.75. The Balaban J connectivity index is 1.57. The molecule has 1 aromatic carbocycles. The summed E-state index contributed by atoms with van der Waals surface area (Å²) in [7, 11) is 0. The molecule has 0 saturated carbocycles. The van der Waals surface area contributed by atoms with Crippen LogP contribution in [0.1, 0.15) is 12.8 Å². The molecule has 0 radical (unpaired) electrons. The molecule has 138 valence electrons. The largest absolute Gasteiger partial charge is 0.377 e. The van der Waals surface area contributed by atoms with Crippen LogP contribution in [-0.2, 0) is 4.74 Å². The van der Waals surface area contributed by atoms with Crippen molar-refractivity contribution >= 4 is 11.4 Å². The first-order valence-electron chi connectivity index (χ1n) is 8.59. The zero-order chi connectivity index (χ0) is 18.6. The van der Waals surface area contributed by atoms with Crippen LogP contribution in [0.5, 0.6) is 0 Å². The van der Waals surface area contributed by atoms with Gasteiger partial charge in [-0.05, 0) is 37.1 Å². The zero-order valence-electron chi connectivity index (χ0n) is 14.4. The van der Waals surface area contributed by atoms with E-state index in [1.807, 2.05) is 6.07 Å². The number of rotatable bonds is 6. The Bertz CT molecular complexity index is 938. The number of benzene rings is 1. The molecule has 0 bridgehead atoms. The van der Waals surface area contributed by atoms with Crippen LogP contribution in [0, 0.1) is 10.1 Å². The van der Waals surface area contributed by atoms with E-state index in [0.29, 0.717) is 29.2 Å². The summed E-state index contributed by atoms with van der Waals surface area (Å²) in [4.78, 5) is 19.4. The Morgan fingerprint density at radius 2 is 2.22 bits per heavy atom. The Morgan fingerprint density at radius 1 is 1.30 bits per heavy atom. The van der Waals surface area contributed by atoms with Gasteiger partial charge in [-0.25, -0.2) is 0 Å². The molecule has 27 heavy (non-hydrogen) atoms. The molecule has 1 N–H and O–H groups in total. The summed E-state index contributed by atoms with van der Waals surface area (Å²) >= 11 is 0. The van der Waals surface area contributed by atoms with Crippen molar-refractivity contribution in [2.75, 3.05) is 18.5 Å². The highest BCUT2D eigenvalue weighted by Crippen LogP contribution is 2.31. The number of nitro benzene ring substituents is 1. The SMILES string of the molecule is O=[N+]([O-])c1cc(-c2nc(-c3cccnc3)no2)ccc1NCC1CCCO1. The second-order valence-electron chi connectivity index (χ2n) is 6.17. The summed E-state index contributed by atoms with van der Waals surface area (Å²) in [6, 6.07) is 8.37. The van der Waals surface area contributed by atoms with Crippen LogP contribution in [0.3, 0.4) is 0 Å². The van der Waals surface area contributed by atoms with Crippen molar-refractivity contribution in [2.24, 2.45) is 0 Å². The Morgan fingerprint density at radius 3 is 2.96 bits per heavy atom. The third-order valence-corrected chi connectivity index (χ3v) is 4.33. The molecular weight excluding hydrogens is 350 g/mol. The lowest BCUT2D eigenvalue weighted by Gasteiger charge is -2.12. The fourth-order valence-corrected chi connectivity index (χ4v) is 2.95. The van der Waals surface area contributed by atoms with Gasteiger partial charge in [0.05, 0.1) is 11.0 Å². The van der Waals surface area contributed by atoms with E-state index in [0.717, 1.165) is 19.4 Å². The van der Waals surface area contributed by atoms with Crippen LogP contribution >= 0.6 is 0 Å². The number of nitrogens with zero attached hydrogens (tertiary/aromatic N) is 4. The number of anilines is 1. The number of pyridine rings is 1. The van der Waals surface area contributed by atoms with Crippen molar-refractivity contribution in [1.82, 2.24) is 15.1 Å². The summed E-state index contributed by atoms with van der Waals surface area (Å²) in [5, 5.41) is 18.5. The van der Waals surface area contributed by atoms with Crippen molar-refractivity contribution < 1.29 is 14.2 Å². The molecule has 3 aromatic rings. The molecule has 0 aliphatic carbocycles. The third-order valence-electron chi connectivity index (χ3n) is 4.33. The topological polar surface area (TPSA) is 116 Å². The van der Waals surface area contributed by atoms with Gasteiger partial charge in [-0.15, -0.1) is 0 Å². The van der Waals surface area contributed by atoms with E-state index >= 15 is 0 Å². The fraction of sp³-hybridized carbons (Fsp3) is 0.278. The maximum atomic E-state index is 11.5. The average Bonchev–Trinajstić information content (AvgIpc) is 3.39.